The second kappa shape index (κ2) is 8.99. The molecule has 0 aromatic heterocycles. The molecule has 0 saturated carbocycles. The Morgan fingerprint density at radius 3 is 2.29 bits per heavy atom. The highest BCUT2D eigenvalue weighted by Crippen LogP contribution is 2.22. The minimum Gasteiger partial charge on any atom is -0.484 e. The predicted molar refractivity (Wildman–Crippen MR) is 107 cm³/mol. The molecule has 28 heavy (non-hydrogen) atoms. The van der Waals surface area contributed by atoms with Crippen LogP contribution >= 0.6 is 0 Å². The first-order chi connectivity index (χ1) is 13.1. The van der Waals surface area contributed by atoms with Crippen LogP contribution in [0, 0.1) is 6.92 Å². The van der Waals surface area contributed by atoms with E-state index in [0.29, 0.717) is 29.0 Å². The van der Waals surface area contributed by atoms with Crippen LogP contribution in [0.4, 0.5) is 5.69 Å². The van der Waals surface area contributed by atoms with Gasteiger partial charge in [0.2, 0.25) is 10.0 Å². The van der Waals surface area contributed by atoms with Crippen molar-refractivity contribution in [2.24, 2.45) is 0 Å². The van der Waals surface area contributed by atoms with Gasteiger partial charge in [-0.05, 0) is 48.9 Å². The van der Waals surface area contributed by atoms with Crippen molar-refractivity contribution < 1.29 is 22.7 Å². The van der Waals surface area contributed by atoms with Gasteiger partial charge >= 0.3 is 0 Å². The van der Waals surface area contributed by atoms with Crippen LogP contribution < -0.4 is 10.1 Å². The first-order valence-corrected chi connectivity index (χ1v) is 10.2. The number of ether oxygens (including phenoxy) is 1. The number of aryl methyl sites for hydroxylation is 1. The van der Waals surface area contributed by atoms with Crippen LogP contribution in [0.3, 0.4) is 0 Å². The zero-order valence-corrected chi connectivity index (χ0v) is 17.2. The lowest BCUT2D eigenvalue weighted by atomic mass is 10.1. The van der Waals surface area contributed by atoms with E-state index in [9.17, 15) is 18.0 Å². The van der Waals surface area contributed by atoms with Gasteiger partial charge in [-0.25, -0.2) is 12.7 Å². The molecular weight excluding hydrogens is 380 g/mol. The largest absolute Gasteiger partial charge is 0.484 e. The van der Waals surface area contributed by atoms with E-state index in [0.717, 1.165) is 4.31 Å². The molecule has 0 spiro atoms. The van der Waals surface area contributed by atoms with Gasteiger partial charge < -0.3 is 10.1 Å². The van der Waals surface area contributed by atoms with Crippen molar-refractivity contribution in [2.45, 2.75) is 25.2 Å². The summed E-state index contributed by atoms with van der Waals surface area (Å²) in [6.07, 6.45) is 0.421. The Morgan fingerprint density at radius 1 is 1.07 bits per heavy atom. The molecule has 1 N–H and O–H groups in total. The molecule has 2 aromatic rings. The summed E-state index contributed by atoms with van der Waals surface area (Å²) in [5, 5.41) is 2.63. The fourth-order valence-corrected chi connectivity index (χ4v) is 3.58. The van der Waals surface area contributed by atoms with Gasteiger partial charge in [0, 0.05) is 31.8 Å². The predicted octanol–water partition coefficient (Wildman–Crippen LogP) is 2.86. The number of nitrogens with zero attached hydrogens (tertiary/aromatic N) is 1. The molecule has 0 fully saturated rings. The number of benzene rings is 2. The zero-order chi connectivity index (χ0) is 20.9. The van der Waals surface area contributed by atoms with Crippen molar-refractivity contribution in [3.63, 3.8) is 0 Å². The molecule has 150 valence electrons. The smallest absolute Gasteiger partial charge is 0.262 e. The highest BCUT2D eigenvalue weighted by Gasteiger charge is 2.20. The Morgan fingerprint density at radius 2 is 1.71 bits per heavy atom. The fraction of sp³-hybridized carbons (Fsp3) is 0.300. The lowest BCUT2D eigenvalue weighted by Gasteiger charge is -2.15. The third-order valence-electron chi connectivity index (χ3n) is 4.10. The Bertz CT molecular complexity index is 967. The van der Waals surface area contributed by atoms with Crippen LogP contribution in [0.25, 0.3) is 0 Å². The van der Waals surface area contributed by atoms with Gasteiger partial charge in [-0.1, -0.05) is 13.0 Å². The van der Waals surface area contributed by atoms with Crippen LogP contribution in [0.15, 0.2) is 47.4 Å². The van der Waals surface area contributed by atoms with Gasteiger partial charge in [0.25, 0.3) is 5.91 Å². The third kappa shape index (κ3) is 5.17. The van der Waals surface area contributed by atoms with Crippen LogP contribution in [-0.2, 0) is 14.8 Å². The topological polar surface area (TPSA) is 92.8 Å². The second-order valence-corrected chi connectivity index (χ2v) is 8.53. The normalized spacial score (nSPS) is 11.3. The molecule has 0 atom stereocenters. The van der Waals surface area contributed by atoms with Crippen LogP contribution in [0.2, 0.25) is 0 Å². The van der Waals surface area contributed by atoms with E-state index < -0.39 is 15.9 Å². The summed E-state index contributed by atoms with van der Waals surface area (Å²) in [5.74, 6) is 0.0699. The minimum atomic E-state index is -3.61. The molecule has 2 rings (SSSR count). The van der Waals surface area contributed by atoms with Crippen LogP contribution in [0.5, 0.6) is 5.75 Å². The Hall–Kier alpha value is -2.71. The van der Waals surface area contributed by atoms with Crippen molar-refractivity contribution in [1.29, 1.82) is 0 Å². The van der Waals surface area contributed by atoms with E-state index in [2.05, 4.69) is 5.32 Å². The van der Waals surface area contributed by atoms with Crippen molar-refractivity contribution in [1.82, 2.24) is 4.31 Å². The SMILES string of the molecule is CCC(=O)c1ccc(OCC(=O)Nc2ccc(C)c(S(=O)(=O)N(C)C)c2)cc1. The number of ketones is 1. The molecule has 0 heterocycles. The summed E-state index contributed by atoms with van der Waals surface area (Å²) in [4.78, 5) is 23.9. The maximum absolute atomic E-state index is 12.4. The number of amides is 1. The number of nitrogens with one attached hydrogen (secondary N) is 1. The average molecular weight is 404 g/mol. The summed E-state index contributed by atoms with van der Waals surface area (Å²) >= 11 is 0. The number of hydrogen-bond acceptors (Lipinski definition) is 5. The van der Waals surface area contributed by atoms with E-state index in [1.165, 1.54) is 20.2 Å². The molecule has 0 saturated heterocycles. The summed E-state index contributed by atoms with van der Waals surface area (Å²) in [6, 6.07) is 11.2. The van der Waals surface area contributed by atoms with E-state index in [-0.39, 0.29) is 17.3 Å². The Balaban J connectivity index is 2.03. The Kier molecular flexibility index (Phi) is 6.93. The fourth-order valence-electron chi connectivity index (χ4n) is 2.44. The number of rotatable bonds is 8. The molecule has 0 bridgehead atoms. The van der Waals surface area contributed by atoms with Crippen molar-refractivity contribution in [3.05, 3.63) is 53.6 Å². The van der Waals surface area contributed by atoms with E-state index >= 15 is 0 Å². The molecule has 0 aliphatic rings. The highest BCUT2D eigenvalue weighted by molar-refractivity contribution is 7.89. The molecule has 0 unspecified atom stereocenters. The van der Waals surface area contributed by atoms with E-state index in [4.69, 9.17) is 4.74 Å². The van der Waals surface area contributed by atoms with Crippen LogP contribution in [-0.4, -0.2) is 45.1 Å². The molecule has 8 heteroatoms. The van der Waals surface area contributed by atoms with Crippen molar-refractivity contribution >= 4 is 27.4 Å². The quantitative estimate of drug-likeness (QED) is 0.683. The number of sulfonamides is 1. The van der Waals surface area contributed by atoms with Gasteiger partial charge in [-0.3, -0.25) is 9.59 Å². The molecule has 0 radical (unpaired) electrons. The third-order valence-corrected chi connectivity index (χ3v) is 6.05. The van der Waals surface area contributed by atoms with Crippen LogP contribution in [0.1, 0.15) is 29.3 Å². The van der Waals surface area contributed by atoms with E-state index in [1.54, 1.807) is 50.2 Å². The molecule has 1 amide bonds. The first-order valence-electron chi connectivity index (χ1n) is 8.74. The standard InChI is InChI=1S/C20H24N2O5S/c1-5-18(23)15-7-10-17(11-8-15)27-13-20(24)21-16-9-6-14(2)19(12-16)28(25,26)22(3)4/h6-12H,5,13H2,1-4H3,(H,21,24). The summed E-state index contributed by atoms with van der Waals surface area (Å²) in [7, 11) is -0.708. The zero-order valence-electron chi connectivity index (χ0n) is 16.4. The molecule has 0 aliphatic heterocycles. The number of carbonyl (C=O) groups is 2. The second-order valence-electron chi connectivity index (χ2n) is 6.41. The number of carbonyl (C=O) groups excluding carboxylic acids is 2. The molecular formula is C20H24N2O5S. The molecule has 0 aliphatic carbocycles. The molecule has 2 aromatic carbocycles. The van der Waals surface area contributed by atoms with Crippen molar-refractivity contribution in [2.75, 3.05) is 26.0 Å². The van der Waals surface area contributed by atoms with Gasteiger partial charge in [0.05, 0.1) is 4.90 Å². The first kappa shape index (κ1) is 21.6. The minimum absolute atomic E-state index is 0.0344. The Labute approximate surface area is 165 Å². The monoisotopic (exact) mass is 404 g/mol. The van der Waals surface area contributed by atoms with Crippen molar-refractivity contribution in [3.8, 4) is 5.75 Å². The lowest BCUT2D eigenvalue weighted by Crippen LogP contribution is -2.24. The number of hydrogen-bond donors (Lipinski definition) is 1. The summed E-state index contributed by atoms with van der Waals surface area (Å²) in [5.41, 5.74) is 1.54. The average Bonchev–Trinajstić information content (AvgIpc) is 2.67. The summed E-state index contributed by atoms with van der Waals surface area (Å²) in [6.45, 7) is 3.24. The highest BCUT2D eigenvalue weighted by atomic mass is 32.2. The summed E-state index contributed by atoms with van der Waals surface area (Å²) < 4.78 is 31.3. The maximum atomic E-state index is 12.4. The lowest BCUT2D eigenvalue weighted by molar-refractivity contribution is -0.118. The van der Waals surface area contributed by atoms with Gasteiger partial charge in [-0.15, -0.1) is 0 Å². The number of anilines is 1. The van der Waals surface area contributed by atoms with Gasteiger partial charge in [0.1, 0.15) is 5.75 Å². The molecule has 7 nitrogen and oxygen atoms in total. The van der Waals surface area contributed by atoms with Gasteiger partial charge in [-0.2, -0.15) is 0 Å². The van der Waals surface area contributed by atoms with E-state index in [1.807, 2.05) is 0 Å². The maximum Gasteiger partial charge on any atom is 0.262 e. The number of Topliss-reactive ketones (excluding diaryl/α,β-unsaturated/α-hetero) is 1. The van der Waals surface area contributed by atoms with Gasteiger partial charge in [0.15, 0.2) is 12.4 Å².